The van der Waals surface area contributed by atoms with Crippen LogP contribution in [-0.4, -0.2) is 59.1 Å². The lowest BCUT2D eigenvalue weighted by Crippen LogP contribution is -2.35. The van der Waals surface area contributed by atoms with Crippen LogP contribution >= 0.6 is 0 Å². The van der Waals surface area contributed by atoms with Gasteiger partial charge in [-0.25, -0.2) is 0 Å². The van der Waals surface area contributed by atoms with E-state index in [1.807, 2.05) is 0 Å². The van der Waals surface area contributed by atoms with Crippen molar-refractivity contribution in [1.82, 2.24) is 19.6 Å². The van der Waals surface area contributed by atoms with Crippen LogP contribution in [0.25, 0.3) is 0 Å². The van der Waals surface area contributed by atoms with Crippen LogP contribution in [0.15, 0.2) is 24.8 Å². The third-order valence-electron chi connectivity index (χ3n) is 6.18. The number of hydrogen-bond donors (Lipinski definition) is 0. The van der Waals surface area contributed by atoms with Crippen molar-refractivity contribution in [3.63, 3.8) is 0 Å². The van der Waals surface area contributed by atoms with E-state index < -0.39 is 0 Å². The van der Waals surface area contributed by atoms with Crippen molar-refractivity contribution in [1.29, 1.82) is 0 Å². The maximum Gasteiger partial charge on any atom is 0.0893 e. The molecule has 148 valence electrons. The monoisotopic (exact) mass is 360 g/mol. The van der Waals surface area contributed by atoms with Crippen molar-refractivity contribution >= 4 is 0 Å². The molecule has 2 heterocycles. The van der Waals surface area contributed by atoms with Crippen LogP contribution in [0.5, 0.6) is 0 Å². The summed E-state index contributed by atoms with van der Waals surface area (Å²) in [6, 6.07) is 0. The fourth-order valence-electron chi connectivity index (χ4n) is 4.68. The van der Waals surface area contributed by atoms with Gasteiger partial charge in [-0.15, -0.1) is 0 Å². The van der Waals surface area contributed by atoms with Crippen LogP contribution < -0.4 is 0 Å². The molecule has 0 saturated heterocycles. The summed E-state index contributed by atoms with van der Waals surface area (Å²) in [6.07, 6.45) is 20.1. The minimum absolute atomic E-state index is 0.882. The molecular formula is C22H40N4. The first-order valence-corrected chi connectivity index (χ1v) is 11.1. The summed E-state index contributed by atoms with van der Waals surface area (Å²) >= 11 is 0. The van der Waals surface area contributed by atoms with Crippen molar-refractivity contribution in [3.8, 4) is 0 Å². The molecule has 4 nitrogen and oxygen atoms in total. The molecule has 1 fully saturated rings. The van der Waals surface area contributed by atoms with Gasteiger partial charge in [0.1, 0.15) is 0 Å². The molecule has 3 rings (SSSR count). The summed E-state index contributed by atoms with van der Waals surface area (Å²) in [5.74, 6) is 1.76. The molecule has 1 unspecified atom stereocenters. The molecule has 1 aliphatic carbocycles. The topological polar surface area (TPSA) is 13.0 Å². The van der Waals surface area contributed by atoms with Gasteiger partial charge in [-0.3, -0.25) is 0 Å². The summed E-state index contributed by atoms with van der Waals surface area (Å²) < 4.78 is 0. The second-order valence-corrected chi connectivity index (χ2v) is 8.65. The van der Waals surface area contributed by atoms with Crippen molar-refractivity contribution in [3.05, 3.63) is 24.8 Å². The van der Waals surface area contributed by atoms with E-state index in [-0.39, 0.29) is 0 Å². The Balaban J connectivity index is 1.36. The minimum Gasteiger partial charge on any atom is -0.359 e. The Hall–Kier alpha value is -1.32. The first kappa shape index (κ1) is 19.4. The zero-order valence-corrected chi connectivity index (χ0v) is 17.2. The molecule has 0 N–H and O–H groups in total. The molecule has 4 heteroatoms. The van der Waals surface area contributed by atoms with E-state index in [1.54, 1.807) is 0 Å². The highest BCUT2D eigenvalue weighted by atomic mass is 15.3. The van der Waals surface area contributed by atoms with Crippen LogP contribution in [0.2, 0.25) is 0 Å². The summed E-state index contributed by atoms with van der Waals surface area (Å²) in [5, 5.41) is 0. The zero-order chi connectivity index (χ0) is 18.2. The Kier molecular flexibility index (Phi) is 7.57. The molecule has 0 aromatic carbocycles. The highest BCUT2D eigenvalue weighted by Gasteiger charge is 2.26. The van der Waals surface area contributed by atoms with Crippen molar-refractivity contribution in [2.75, 3.05) is 39.5 Å². The highest BCUT2D eigenvalue weighted by molar-refractivity contribution is 4.94. The third-order valence-corrected chi connectivity index (χ3v) is 6.18. The standard InChI is InChI=1S/C22H40N4/c1-3-5-10-23-12-14-25(19-23)17-21-8-7-9-22(16-21)18-26-15-13-24(20-26)11-6-4-2/h12-15,21-22H,3-11,16-20H2,1-2H3/t21-,22?/m0/s1. The Morgan fingerprint density at radius 3 is 1.62 bits per heavy atom. The van der Waals surface area contributed by atoms with E-state index in [9.17, 15) is 0 Å². The molecule has 26 heavy (non-hydrogen) atoms. The molecule has 0 amide bonds. The van der Waals surface area contributed by atoms with Gasteiger partial charge in [0.25, 0.3) is 0 Å². The van der Waals surface area contributed by atoms with Gasteiger partial charge >= 0.3 is 0 Å². The van der Waals surface area contributed by atoms with Crippen LogP contribution in [0, 0.1) is 11.8 Å². The van der Waals surface area contributed by atoms with Crippen LogP contribution in [-0.2, 0) is 0 Å². The van der Waals surface area contributed by atoms with Crippen molar-refractivity contribution in [2.24, 2.45) is 11.8 Å². The van der Waals surface area contributed by atoms with E-state index in [0.29, 0.717) is 0 Å². The Labute approximate surface area is 161 Å². The average Bonchev–Trinajstić information content (AvgIpc) is 3.28. The van der Waals surface area contributed by atoms with E-state index in [1.165, 1.54) is 77.5 Å². The predicted octanol–water partition coefficient (Wildman–Crippen LogP) is 4.49. The molecule has 1 saturated carbocycles. The molecule has 3 aliphatic rings. The van der Waals surface area contributed by atoms with Gasteiger partial charge in [-0.2, -0.15) is 0 Å². The maximum atomic E-state index is 2.55. The molecule has 0 aromatic rings. The van der Waals surface area contributed by atoms with Gasteiger partial charge < -0.3 is 19.6 Å². The summed E-state index contributed by atoms with van der Waals surface area (Å²) in [7, 11) is 0. The van der Waals surface area contributed by atoms with Gasteiger partial charge in [0.05, 0.1) is 13.3 Å². The lowest BCUT2D eigenvalue weighted by atomic mass is 9.81. The second-order valence-electron chi connectivity index (χ2n) is 8.65. The Morgan fingerprint density at radius 2 is 1.15 bits per heavy atom. The lowest BCUT2D eigenvalue weighted by molar-refractivity contribution is 0.157. The second kappa shape index (κ2) is 10.1. The number of nitrogens with zero attached hydrogens (tertiary/aromatic N) is 4. The summed E-state index contributed by atoms with van der Waals surface area (Å²) in [6.45, 7) is 11.7. The smallest absolute Gasteiger partial charge is 0.0893 e. The minimum atomic E-state index is 0.882. The Bertz CT molecular complexity index is 421. The zero-order valence-electron chi connectivity index (χ0n) is 17.2. The van der Waals surface area contributed by atoms with E-state index in [4.69, 9.17) is 0 Å². The Morgan fingerprint density at radius 1 is 0.692 bits per heavy atom. The third kappa shape index (κ3) is 5.85. The first-order chi connectivity index (χ1) is 12.8. The van der Waals surface area contributed by atoms with Gasteiger partial charge in [-0.05, 0) is 43.9 Å². The number of unbranched alkanes of at least 4 members (excludes halogenated alkanes) is 2. The normalized spacial score (nSPS) is 25.8. The number of hydrogen-bond acceptors (Lipinski definition) is 4. The largest absolute Gasteiger partial charge is 0.359 e. The maximum absolute atomic E-state index is 2.55. The SMILES string of the molecule is CCCCN1C=CN(CC2CCC[C@H](CN3C=CN(CCCC)C3)C2)C1. The fourth-order valence-corrected chi connectivity index (χ4v) is 4.68. The molecule has 0 radical (unpaired) electrons. The van der Waals surface area contributed by atoms with Gasteiger partial charge in [-0.1, -0.05) is 33.1 Å². The molecule has 2 aliphatic heterocycles. The summed E-state index contributed by atoms with van der Waals surface area (Å²) in [4.78, 5) is 10.0. The average molecular weight is 361 g/mol. The van der Waals surface area contributed by atoms with Crippen molar-refractivity contribution in [2.45, 2.75) is 65.2 Å². The van der Waals surface area contributed by atoms with Gasteiger partial charge in [0.2, 0.25) is 0 Å². The van der Waals surface area contributed by atoms with Crippen LogP contribution in [0.3, 0.4) is 0 Å². The van der Waals surface area contributed by atoms with E-state index in [2.05, 4.69) is 58.2 Å². The first-order valence-electron chi connectivity index (χ1n) is 11.1. The van der Waals surface area contributed by atoms with Crippen LogP contribution in [0.1, 0.15) is 65.2 Å². The van der Waals surface area contributed by atoms with E-state index >= 15 is 0 Å². The lowest BCUT2D eigenvalue weighted by Gasteiger charge is -2.34. The van der Waals surface area contributed by atoms with Crippen LogP contribution in [0.4, 0.5) is 0 Å². The fraction of sp³-hybridized carbons (Fsp3) is 0.818. The molecule has 0 bridgehead atoms. The molecule has 2 atom stereocenters. The van der Waals surface area contributed by atoms with Crippen molar-refractivity contribution < 1.29 is 0 Å². The van der Waals surface area contributed by atoms with Gasteiger partial charge in [0, 0.05) is 51.0 Å². The van der Waals surface area contributed by atoms with E-state index in [0.717, 1.165) is 25.2 Å². The molecular weight excluding hydrogens is 320 g/mol. The van der Waals surface area contributed by atoms with Gasteiger partial charge in [0.15, 0.2) is 0 Å². The molecule has 0 spiro atoms. The summed E-state index contributed by atoms with van der Waals surface area (Å²) in [5.41, 5.74) is 0. The predicted molar refractivity (Wildman–Crippen MR) is 110 cm³/mol. The number of rotatable bonds is 10. The molecule has 0 aromatic heterocycles. The highest BCUT2D eigenvalue weighted by Crippen LogP contribution is 2.31. The quantitative estimate of drug-likeness (QED) is 0.569.